The summed E-state index contributed by atoms with van der Waals surface area (Å²) >= 11 is 0. The molecule has 0 spiro atoms. The quantitative estimate of drug-likeness (QED) is 0.482. The molecule has 0 fully saturated rings. The Balaban J connectivity index is 4.03. The second-order valence-corrected chi connectivity index (χ2v) is 3.67. The molecule has 80 valence electrons. The maximum atomic E-state index is 10.6. The monoisotopic (exact) mass is 196 g/mol. The van der Waals surface area contributed by atoms with Crippen LogP contribution in [0.2, 0.25) is 0 Å². The van der Waals surface area contributed by atoms with Crippen molar-refractivity contribution in [2.75, 3.05) is 6.61 Å². The lowest BCUT2D eigenvalue weighted by Gasteiger charge is -2.12. The first kappa shape index (κ1) is 12.9. The summed E-state index contributed by atoms with van der Waals surface area (Å²) in [6, 6.07) is 0. The third-order valence-corrected chi connectivity index (χ3v) is 1.81. The first-order valence-electron chi connectivity index (χ1n) is 4.95. The summed E-state index contributed by atoms with van der Waals surface area (Å²) < 4.78 is 4.98. The van der Waals surface area contributed by atoms with Crippen LogP contribution in [0.4, 0.5) is 0 Å². The van der Waals surface area contributed by atoms with Crippen molar-refractivity contribution < 1.29 is 9.53 Å². The zero-order valence-corrected chi connectivity index (χ0v) is 9.38. The fourth-order valence-corrected chi connectivity index (χ4v) is 1.24. The Labute approximate surface area is 86.6 Å². The van der Waals surface area contributed by atoms with Crippen LogP contribution in [0.5, 0.6) is 0 Å². The molecule has 0 aromatic rings. The first-order valence-corrected chi connectivity index (χ1v) is 4.95. The number of hydrogen-bond acceptors (Lipinski definition) is 2. The second-order valence-electron chi connectivity index (χ2n) is 3.67. The molecule has 2 heteroatoms. The highest BCUT2D eigenvalue weighted by atomic mass is 16.5. The van der Waals surface area contributed by atoms with Crippen molar-refractivity contribution in [3.05, 3.63) is 24.3 Å². The highest BCUT2D eigenvalue weighted by Gasteiger charge is 2.06. The van der Waals surface area contributed by atoms with Gasteiger partial charge in [0.05, 0.1) is 6.61 Å². The number of hydrogen-bond donors (Lipinski definition) is 0. The molecule has 0 amide bonds. The Morgan fingerprint density at radius 3 is 2.50 bits per heavy atom. The van der Waals surface area contributed by atoms with Gasteiger partial charge in [0.2, 0.25) is 0 Å². The molecule has 0 saturated carbocycles. The summed E-state index contributed by atoms with van der Waals surface area (Å²) in [5, 5.41) is 0. The maximum absolute atomic E-state index is 10.6. The van der Waals surface area contributed by atoms with Gasteiger partial charge < -0.3 is 4.74 Å². The summed E-state index contributed by atoms with van der Waals surface area (Å²) in [6.07, 6.45) is 5.98. The minimum Gasteiger partial charge on any atom is -0.465 e. The highest BCUT2D eigenvalue weighted by molar-refractivity contribution is 5.65. The number of esters is 1. The minimum absolute atomic E-state index is 0.212. The average Bonchev–Trinajstić information content (AvgIpc) is 2.09. The van der Waals surface area contributed by atoms with Crippen molar-refractivity contribution in [3.63, 3.8) is 0 Å². The SMILES string of the molecule is C=CCCC(C=C(C)C)COC(C)=O. The van der Waals surface area contributed by atoms with Crippen LogP contribution < -0.4 is 0 Å². The van der Waals surface area contributed by atoms with Gasteiger partial charge in [-0.2, -0.15) is 0 Å². The molecule has 0 heterocycles. The van der Waals surface area contributed by atoms with E-state index in [-0.39, 0.29) is 5.97 Å². The molecular weight excluding hydrogens is 176 g/mol. The molecule has 0 aromatic carbocycles. The number of allylic oxidation sites excluding steroid dienone is 2. The topological polar surface area (TPSA) is 26.3 Å². The van der Waals surface area contributed by atoms with Gasteiger partial charge in [-0.25, -0.2) is 0 Å². The number of ether oxygens (including phenoxy) is 1. The van der Waals surface area contributed by atoms with Crippen molar-refractivity contribution >= 4 is 5.97 Å². The van der Waals surface area contributed by atoms with E-state index in [9.17, 15) is 4.79 Å². The van der Waals surface area contributed by atoms with E-state index in [1.54, 1.807) is 0 Å². The van der Waals surface area contributed by atoms with Gasteiger partial charge in [0, 0.05) is 12.8 Å². The van der Waals surface area contributed by atoms with Gasteiger partial charge in [-0.3, -0.25) is 4.79 Å². The van der Waals surface area contributed by atoms with E-state index in [4.69, 9.17) is 4.74 Å². The van der Waals surface area contributed by atoms with E-state index in [1.807, 2.05) is 6.08 Å². The number of carbonyl (C=O) groups excluding carboxylic acids is 1. The fourth-order valence-electron chi connectivity index (χ4n) is 1.24. The molecule has 14 heavy (non-hydrogen) atoms. The van der Waals surface area contributed by atoms with Gasteiger partial charge in [0.25, 0.3) is 0 Å². The van der Waals surface area contributed by atoms with Crippen LogP contribution in [0, 0.1) is 5.92 Å². The molecule has 1 atom stereocenters. The first-order chi connectivity index (χ1) is 6.56. The molecule has 0 bridgehead atoms. The van der Waals surface area contributed by atoms with Crippen LogP contribution in [0.25, 0.3) is 0 Å². The molecule has 0 aromatic heterocycles. The van der Waals surface area contributed by atoms with Crippen LogP contribution in [0.1, 0.15) is 33.6 Å². The summed E-state index contributed by atoms with van der Waals surface area (Å²) in [4.78, 5) is 10.6. The van der Waals surface area contributed by atoms with Gasteiger partial charge in [-0.15, -0.1) is 6.58 Å². The lowest BCUT2D eigenvalue weighted by Crippen LogP contribution is -2.10. The van der Waals surface area contributed by atoms with Crippen molar-refractivity contribution in [2.24, 2.45) is 5.92 Å². The molecule has 0 rings (SSSR count). The minimum atomic E-state index is -0.212. The molecule has 2 nitrogen and oxygen atoms in total. The van der Waals surface area contributed by atoms with Crippen LogP contribution in [0.3, 0.4) is 0 Å². The fraction of sp³-hybridized carbons (Fsp3) is 0.583. The predicted octanol–water partition coefficient (Wildman–Crippen LogP) is 3.10. The largest absolute Gasteiger partial charge is 0.465 e. The molecule has 0 aliphatic heterocycles. The Morgan fingerprint density at radius 1 is 1.43 bits per heavy atom. The lowest BCUT2D eigenvalue weighted by atomic mass is 10.0. The average molecular weight is 196 g/mol. The third-order valence-electron chi connectivity index (χ3n) is 1.81. The van der Waals surface area contributed by atoms with Crippen molar-refractivity contribution in [1.29, 1.82) is 0 Å². The maximum Gasteiger partial charge on any atom is 0.302 e. The molecule has 0 radical (unpaired) electrons. The summed E-state index contributed by atoms with van der Waals surface area (Å²) in [5.41, 5.74) is 1.26. The molecule has 0 aliphatic carbocycles. The van der Waals surface area contributed by atoms with Gasteiger partial charge in [-0.05, 0) is 26.7 Å². The zero-order chi connectivity index (χ0) is 11.0. The Morgan fingerprint density at radius 2 is 2.07 bits per heavy atom. The Bertz CT molecular complexity index is 212. The van der Waals surface area contributed by atoms with E-state index >= 15 is 0 Å². The van der Waals surface area contributed by atoms with E-state index in [2.05, 4.69) is 26.5 Å². The van der Waals surface area contributed by atoms with Crippen molar-refractivity contribution in [2.45, 2.75) is 33.6 Å². The van der Waals surface area contributed by atoms with Crippen molar-refractivity contribution in [1.82, 2.24) is 0 Å². The zero-order valence-electron chi connectivity index (χ0n) is 9.38. The summed E-state index contributed by atoms with van der Waals surface area (Å²) in [5.74, 6) is 0.109. The Kier molecular flexibility index (Phi) is 6.81. The van der Waals surface area contributed by atoms with E-state index in [1.165, 1.54) is 12.5 Å². The van der Waals surface area contributed by atoms with Crippen LogP contribution >= 0.6 is 0 Å². The molecular formula is C12H20O2. The van der Waals surface area contributed by atoms with Crippen LogP contribution in [-0.4, -0.2) is 12.6 Å². The van der Waals surface area contributed by atoms with E-state index in [0.717, 1.165) is 12.8 Å². The molecule has 0 aliphatic rings. The van der Waals surface area contributed by atoms with E-state index in [0.29, 0.717) is 12.5 Å². The van der Waals surface area contributed by atoms with Gasteiger partial charge in [0.15, 0.2) is 0 Å². The van der Waals surface area contributed by atoms with Gasteiger partial charge in [0.1, 0.15) is 0 Å². The number of rotatable bonds is 6. The lowest BCUT2D eigenvalue weighted by molar-refractivity contribution is -0.141. The summed E-state index contributed by atoms with van der Waals surface area (Å²) in [6.45, 7) is 9.70. The van der Waals surface area contributed by atoms with Crippen LogP contribution in [0.15, 0.2) is 24.3 Å². The third kappa shape index (κ3) is 7.59. The normalized spacial score (nSPS) is 11.6. The van der Waals surface area contributed by atoms with Gasteiger partial charge in [-0.1, -0.05) is 17.7 Å². The molecule has 1 unspecified atom stereocenters. The standard InChI is InChI=1S/C12H20O2/c1-5-6-7-12(8-10(2)3)9-14-11(4)13/h5,8,12H,1,6-7,9H2,2-4H3. The van der Waals surface area contributed by atoms with E-state index < -0.39 is 0 Å². The summed E-state index contributed by atoms with van der Waals surface area (Å²) in [7, 11) is 0. The van der Waals surface area contributed by atoms with Gasteiger partial charge >= 0.3 is 5.97 Å². The molecule has 0 N–H and O–H groups in total. The van der Waals surface area contributed by atoms with Crippen LogP contribution in [-0.2, 0) is 9.53 Å². The molecule has 0 saturated heterocycles. The number of carbonyl (C=O) groups is 1. The Hall–Kier alpha value is -1.05. The second kappa shape index (κ2) is 7.36. The smallest absolute Gasteiger partial charge is 0.302 e. The highest BCUT2D eigenvalue weighted by Crippen LogP contribution is 2.12. The predicted molar refractivity (Wildman–Crippen MR) is 59.0 cm³/mol. The van der Waals surface area contributed by atoms with Crippen molar-refractivity contribution in [3.8, 4) is 0 Å².